The van der Waals surface area contributed by atoms with Gasteiger partial charge in [0.1, 0.15) is 11.6 Å². The predicted octanol–water partition coefficient (Wildman–Crippen LogP) is 4.31. The minimum Gasteiger partial charge on any atom is -0.469 e. The van der Waals surface area contributed by atoms with Crippen LogP contribution >= 0.6 is 11.8 Å². The fourth-order valence-electron chi connectivity index (χ4n) is 2.11. The largest absolute Gasteiger partial charge is 0.469 e. The number of benzene rings is 1. The molecule has 2 heterocycles. The first-order valence-electron chi connectivity index (χ1n) is 6.27. The number of aryl methyl sites for hydroxylation is 2. The van der Waals surface area contributed by atoms with E-state index >= 15 is 0 Å². The first-order valence-corrected chi connectivity index (χ1v) is 6.65. The zero-order valence-electron chi connectivity index (χ0n) is 11.2. The Morgan fingerprint density at radius 1 is 1.15 bits per heavy atom. The lowest BCUT2D eigenvalue weighted by Gasteiger charge is -2.05. The monoisotopic (exact) mass is 287 g/mol. The zero-order chi connectivity index (χ0) is 14.1. The van der Waals surface area contributed by atoms with E-state index in [9.17, 15) is 0 Å². The minimum absolute atomic E-state index is 0.714. The van der Waals surface area contributed by atoms with Gasteiger partial charge in [-0.3, -0.25) is 4.84 Å². The van der Waals surface area contributed by atoms with Gasteiger partial charge in [0.2, 0.25) is 0 Å². The molecular formula is C15H14ClN3O. The number of hydrogen-bond acceptors (Lipinski definition) is 3. The average molecular weight is 288 g/mol. The van der Waals surface area contributed by atoms with Crippen molar-refractivity contribution in [3.05, 3.63) is 54.0 Å². The van der Waals surface area contributed by atoms with Crippen LogP contribution in [-0.4, -0.2) is 9.78 Å². The summed E-state index contributed by atoms with van der Waals surface area (Å²) in [5.41, 5.74) is 3.93. The van der Waals surface area contributed by atoms with Crippen molar-refractivity contribution in [2.24, 2.45) is 0 Å². The van der Waals surface area contributed by atoms with Crippen LogP contribution in [-0.2, 0) is 0 Å². The molecular weight excluding hydrogens is 274 g/mol. The van der Waals surface area contributed by atoms with Gasteiger partial charge < -0.3 is 4.42 Å². The molecule has 0 aliphatic carbocycles. The highest BCUT2D eigenvalue weighted by Crippen LogP contribution is 2.28. The second-order valence-electron chi connectivity index (χ2n) is 4.65. The molecule has 0 amide bonds. The molecule has 0 atom stereocenters. The summed E-state index contributed by atoms with van der Waals surface area (Å²) < 4.78 is 7.09. The molecule has 4 nitrogen and oxygen atoms in total. The standard InChI is InChI=1S/C15H14ClN3O/c1-10-3-5-12(6-4-10)19-15(17-16)9-14(18-19)13-7-8-20-11(13)2/h3-9,17H,1-2H3. The molecule has 0 spiro atoms. The van der Waals surface area contributed by atoms with Crippen molar-refractivity contribution in [3.63, 3.8) is 0 Å². The number of anilines is 1. The number of nitrogens with one attached hydrogen (secondary N) is 1. The third-order valence-electron chi connectivity index (χ3n) is 3.22. The minimum atomic E-state index is 0.714. The number of rotatable bonds is 3. The second kappa shape index (κ2) is 5.06. The van der Waals surface area contributed by atoms with Crippen LogP contribution in [0.1, 0.15) is 11.3 Å². The van der Waals surface area contributed by atoms with E-state index < -0.39 is 0 Å². The van der Waals surface area contributed by atoms with E-state index in [1.807, 2.05) is 50.2 Å². The highest BCUT2D eigenvalue weighted by molar-refractivity contribution is 6.23. The van der Waals surface area contributed by atoms with Crippen molar-refractivity contribution in [1.29, 1.82) is 0 Å². The molecule has 0 unspecified atom stereocenters. The van der Waals surface area contributed by atoms with E-state index in [1.54, 1.807) is 10.9 Å². The van der Waals surface area contributed by atoms with Crippen molar-refractivity contribution >= 4 is 17.6 Å². The van der Waals surface area contributed by atoms with E-state index in [2.05, 4.69) is 9.93 Å². The topological polar surface area (TPSA) is 43.0 Å². The maximum absolute atomic E-state index is 5.79. The van der Waals surface area contributed by atoms with E-state index in [1.165, 1.54) is 5.56 Å². The molecule has 0 saturated heterocycles. The van der Waals surface area contributed by atoms with Crippen LogP contribution in [0, 0.1) is 13.8 Å². The molecule has 0 saturated carbocycles. The Kier molecular flexibility index (Phi) is 3.24. The number of nitrogens with zero attached hydrogens (tertiary/aromatic N) is 2. The Balaban J connectivity index is 2.10. The summed E-state index contributed by atoms with van der Waals surface area (Å²) in [4.78, 5) is 2.65. The number of hydrogen-bond donors (Lipinski definition) is 1. The van der Waals surface area contributed by atoms with Crippen molar-refractivity contribution in [2.75, 3.05) is 4.84 Å². The molecule has 0 fully saturated rings. The molecule has 0 radical (unpaired) electrons. The van der Waals surface area contributed by atoms with E-state index in [4.69, 9.17) is 16.2 Å². The predicted molar refractivity (Wildman–Crippen MR) is 80.2 cm³/mol. The molecule has 0 aliphatic heterocycles. The van der Waals surface area contributed by atoms with Gasteiger partial charge >= 0.3 is 0 Å². The van der Waals surface area contributed by atoms with E-state index in [0.29, 0.717) is 5.82 Å². The average Bonchev–Trinajstić information content (AvgIpc) is 3.05. The maximum Gasteiger partial charge on any atom is 0.144 e. The molecule has 3 aromatic rings. The van der Waals surface area contributed by atoms with Gasteiger partial charge in [-0.2, -0.15) is 5.10 Å². The van der Waals surface area contributed by atoms with Crippen LogP contribution in [0.2, 0.25) is 0 Å². The van der Waals surface area contributed by atoms with Crippen LogP contribution < -0.4 is 4.84 Å². The Morgan fingerprint density at radius 3 is 2.50 bits per heavy atom. The summed E-state index contributed by atoms with van der Waals surface area (Å²) in [5.74, 6) is 1.55. The first kappa shape index (κ1) is 12.8. The van der Waals surface area contributed by atoms with E-state index in [0.717, 1.165) is 22.7 Å². The van der Waals surface area contributed by atoms with Crippen LogP contribution in [0.15, 0.2) is 47.1 Å². The second-order valence-corrected chi connectivity index (χ2v) is 4.84. The van der Waals surface area contributed by atoms with Gasteiger partial charge in [-0.25, -0.2) is 4.68 Å². The summed E-state index contributed by atoms with van der Waals surface area (Å²) in [6, 6.07) is 11.9. The normalized spacial score (nSPS) is 10.8. The molecule has 0 aliphatic rings. The van der Waals surface area contributed by atoms with Crippen LogP contribution in [0.25, 0.3) is 16.9 Å². The fourth-order valence-corrected chi connectivity index (χ4v) is 2.25. The molecule has 20 heavy (non-hydrogen) atoms. The van der Waals surface area contributed by atoms with Crippen LogP contribution in [0.5, 0.6) is 0 Å². The van der Waals surface area contributed by atoms with Crippen LogP contribution in [0.3, 0.4) is 0 Å². The van der Waals surface area contributed by atoms with Gasteiger partial charge in [-0.15, -0.1) is 0 Å². The number of aromatic nitrogens is 2. The number of furan rings is 1. The molecule has 1 aromatic carbocycles. The van der Waals surface area contributed by atoms with Gasteiger partial charge in [0, 0.05) is 23.4 Å². The van der Waals surface area contributed by atoms with Crippen LogP contribution in [0.4, 0.5) is 5.82 Å². The Hall–Kier alpha value is -2.20. The lowest BCUT2D eigenvalue weighted by atomic mass is 10.2. The Morgan fingerprint density at radius 2 is 1.90 bits per heavy atom. The van der Waals surface area contributed by atoms with Crippen molar-refractivity contribution in [3.8, 4) is 16.9 Å². The quantitative estimate of drug-likeness (QED) is 0.730. The van der Waals surface area contributed by atoms with Crippen molar-refractivity contribution in [2.45, 2.75) is 13.8 Å². The SMILES string of the molecule is Cc1ccc(-n2nc(-c3ccoc3C)cc2NCl)cc1. The zero-order valence-corrected chi connectivity index (χ0v) is 12.0. The Bertz CT molecular complexity index is 728. The number of halogens is 1. The highest BCUT2D eigenvalue weighted by Gasteiger charge is 2.13. The summed E-state index contributed by atoms with van der Waals surface area (Å²) in [5, 5.41) is 4.59. The first-order chi connectivity index (χ1) is 9.69. The van der Waals surface area contributed by atoms with Gasteiger partial charge in [0.25, 0.3) is 0 Å². The summed E-state index contributed by atoms with van der Waals surface area (Å²) >= 11 is 5.79. The molecule has 2 aromatic heterocycles. The molecule has 1 N–H and O–H groups in total. The molecule has 102 valence electrons. The lowest BCUT2D eigenvalue weighted by molar-refractivity contribution is 0.535. The van der Waals surface area contributed by atoms with Gasteiger partial charge in [-0.1, -0.05) is 17.7 Å². The third-order valence-corrected chi connectivity index (χ3v) is 3.41. The van der Waals surface area contributed by atoms with E-state index in [-0.39, 0.29) is 0 Å². The molecule has 5 heteroatoms. The summed E-state index contributed by atoms with van der Waals surface area (Å²) in [7, 11) is 0. The van der Waals surface area contributed by atoms with Gasteiger partial charge in [-0.05, 0) is 32.0 Å². The highest BCUT2D eigenvalue weighted by atomic mass is 35.5. The Labute approximate surface area is 122 Å². The third kappa shape index (κ3) is 2.18. The van der Waals surface area contributed by atoms with Gasteiger partial charge in [0.05, 0.1) is 17.6 Å². The fraction of sp³-hybridized carbons (Fsp3) is 0.133. The molecule has 0 bridgehead atoms. The summed E-state index contributed by atoms with van der Waals surface area (Å²) in [6.45, 7) is 3.96. The summed E-state index contributed by atoms with van der Waals surface area (Å²) in [6.07, 6.45) is 1.66. The molecule has 3 rings (SSSR count). The maximum atomic E-state index is 5.79. The van der Waals surface area contributed by atoms with Crippen molar-refractivity contribution in [1.82, 2.24) is 9.78 Å². The smallest absolute Gasteiger partial charge is 0.144 e. The van der Waals surface area contributed by atoms with Crippen molar-refractivity contribution < 1.29 is 4.42 Å². The lowest BCUT2D eigenvalue weighted by Crippen LogP contribution is -1.99. The van der Waals surface area contributed by atoms with Gasteiger partial charge in [0.15, 0.2) is 0 Å².